The van der Waals surface area contributed by atoms with E-state index in [1.807, 2.05) is 53.9 Å². The molecule has 9 heteroatoms. The number of ether oxygens (including phenoxy) is 2. The number of nitrogens with zero attached hydrogens (tertiary/aromatic N) is 4. The molecule has 0 aliphatic carbocycles. The van der Waals surface area contributed by atoms with Crippen LogP contribution in [0.25, 0.3) is 16.9 Å². The van der Waals surface area contributed by atoms with Gasteiger partial charge in [-0.15, -0.1) is 16.4 Å². The van der Waals surface area contributed by atoms with Gasteiger partial charge in [-0.1, -0.05) is 18.2 Å². The van der Waals surface area contributed by atoms with Gasteiger partial charge in [0, 0.05) is 10.9 Å². The number of carbonyl (C=O) groups excluding carboxylic acids is 1. The number of amides is 1. The number of nitrogens with one attached hydrogen (secondary N) is 1. The van der Waals surface area contributed by atoms with Crippen molar-refractivity contribution < 1.29 is 14.3 Å². The third-order valence-electron chi connectivity index (χ3n) is 4.12. The van der Waals surface area contributed by atoms with Gasteiger partial charge in [-0.25, -0.2) is 4.98 Å². The summed E-state index contributed by atoms with van der Waals surface area (Å²) in [6.07, 6.45) is 1.42. The van der Waals surface area contributed by atoms with Gasteiger partial charge in [-0.3, -0.25) is 10.1 Å². The predicted molar refractivity (Wildman–Crippen MR) is 110 cm³/mol. The Labute approximate surface area is 170 Å². The molecule has 1 amide bonds. The number of carbonyl (C=O) groups is 1. The van der Waals surface area contributed by atoms with Crippen molar-refractivity contribution in [3.63, 3.8) is 0 Å². The first-order valence-electron chi connectivity index (χ1n) is 8.65. The van der Waals surface area contributed by atoms with E-state index in [0.717, 1.165) is 11.3 Å². The van der Waals surface area contributed by atoms with E-state index in [2.05, 4.69) is 20.5 Å². The molecule has 0 bridgehead atoms. The van der Waals surface area contributed by atoms with Gasteiger partial charge in [-0.05, 0) is 30.3 Å². The van der Waals surface area contributed by atoms with E-state index in [0.29, 0.717) is 22.3 Å². The standard InChI is InChI=1S/C20H17N5O3S/c1-27-14-8-9-18(28-2)15(10-14)17-12-29-20(22-17)23-19(26)16-11-21-25(24-16)13-6-4-3-5-7-13/h3-12H,1-2H3,(H,22,23,26). The lowest BCUT2D eigenvalue weighted by Gasteiger charge is -2.08. The van der Waals surface area contributed by atoms with Crippen molar-refractivity contribution in [3.05, 3.63) is 65.8 Å². The zero-order valence-corrected chi connectivity index (χ0v) is 16.5. The molecule has 2 aromatic heterocycles. The van der Waals surface area contributed by atoms with Crippen molar-refractivity contribution >= 4 is 22.4 Å². The van der Waals surface area contributed by atoms with Crippen molar-refractivity contribution in [1.29, 1.82) is 0 Å². The first-order valence-corrected chi connectivity index (χ1v) is 9.53. The number of para-hydroxylation sites is 1. The minimum Gasteiger partial charge on any atom is -0.497 e. The average Bonchev–Trinajstić information content (AvgIpc) is 3.44. The van der Waals surface area contributed by atoms with E-state index in [-0.39, 0.29) is 11.6 Å². The number of benzene rings is 2. The summed E-state index contributed by atoms with van der Waals surface area (Å²) in [5.41, 5.74) is 2.42. The first kappa shape index (κ1) is 18.6. The molecule has 0 atom stereocenters. The Kier molecular flexibility index (Phi) is 5.21. The van der Waals surface area contributed by atoms with Crippen LogP contribution in [0, 0.1) is 0 Å². The van der Waals surface area contributed by atoms with E-state index in [1.54, 1.807) is 14.2 Å². The fourth-order valence-electron chi connectivity index (χ4n) is 2.68. The number of aromatic nitrogens is 4. The summed E-state index contributed by atoms with van der Waals surface area (Å²) >= 11 is 1.31. The Bertz CT molecular complexity index is 1140. The number of hydrogen-bond acceptors (Lipinski definition) is 7. The highest BCUT2D eigenvalue weighted by Gasteiger charge is 2.16. The monoisotopic (exact) mass is 407 g/mol. The normalized spacial score (nSPS) is 10.6. The quantitative estimate of drug-likeness (QED) is 0.525. The number of hydrogen-bond donors (Lipinski definition) is 1. The summed E-state index contributed by atoms with van der Waals surface area (Å²) < 4.78 is 10.7. The summed E-state index contributed by atoms with van der Waals surface area (Å²) in [6.45, 7) is 0. The summed E-state index contributed by atoms with van der Waals surface area (Å²) in [4.78, 5) is 18.4. The molecule has 4 rings (SSSR count). The van der Waals surface area contributed by atoms with Crippen LogP contribution in [0.1, 0.15) is 10.5 Å². The first-order chi connectivity index (χ1) is 14.2. The Morgan fingerprint density at radius 3 is 2.69 bits per heavy atom. The molecule has 146 valence electrons. The molecule has 0 radical (unpaired) electrons. The van der Waals surface area contributed by atoms with Crippen molar-refractivity contribution in [2.24, 2.45) is 0 Å². The maximum atomic E-state index is 12.5. The molecule has 0 aliphatic heterocycles. The SMILES string of the molecule is COc1ccc(OC)c(-c2csc(NC(=O)c3cnn(-c4ccccc4)n3)n2)c1. The Hall–Kier alpha value is -3.72. The summed E-state index contributed by atoms with van der Waals surface area (Å²) in [5.74, 6) is 0.974. The fourth-order valence-corrected chi connectivity index (χ4v) is 3.39. The summed E-state index contributed by atoms with van der Waals surface area (Å²) in [7, 11) is 3.19. The number of thiazole rings is 1. The Morgan fingerprint density at radius 1 is 1.10 bits per heavy atom. The maximum Gasteiger partial charge on any atom is 0.279 e. The molecule has 4 aromatic rings. The fraction of sp³-hybridized carbons (Fsp3) is 0.100. The molecule has 0 saturated carbocycles. The smallest absolute Gasteiger partial charge is 0.279 e. The van der Waals surface area contributed by atoms with Crippen molar-refractivity contribution in [2.45, 2.75) is 0 Å². The third-order valence-corrected chi connectivity index (χ3v) is 4.88. The maximum absolute atomic E-state index is 12.5. The van der Waals surface area contributed by atoms with Gasteiger partial charge in [0.1, 0.15) is 11.5 Å². The lowest BCUT2D eigenvalue weighted by atomic mass is 10.1. The van der Waals surface area contributed by atoms with Crippen LogP contribution in [-0.4, -0.2) is 40.1 Å². The Morgan fingerprint density at radius 2 is 1.93 bits per heavy atom. The van der Waals surface area contributed by atoms with Crippen molar-refractivity contribution in [3.8, 4) is 28.4 Å². The molecule has 8 nitrogen and oxygen atoms in total. The molecule has 0 aliphatic rings. The van der Waals surface area contributed by atoms with Crippen LogP contribution < -0.4 is 14.8 Å². The largest absolute Gasteiger partial charge is 0.497 e. The van der Waals surface area contributed by atoms with E-state index < -0.39 is 0 Å². The van der Waals surface area contributed by atoms with Crippen LogP contribution in [-0.2, 0) is 0 Å². The number of anilines is 1. The van der Waals surface area contributed by atoms with Crippen LogP contribution in [0.4, 0.5) is 5.13 Å². The molecule has 2 aromatic carbocycles. The van der Waals surface area contributed by atoms with Crippen LogP contribution in [0.3, 0.4) is 0 Å². The predicted octanol–water partition coefficient (Wildman–Crippen LogP) is 3.66. The molecule has 0 unspecified atom stereocenters. The van der Waals surface area contributed by atoms with Gasteiger partial charge < -0.3 is 9.47 Å². The van der Waals surface area contributed by atoms with Crippen LogP contribution in [0.5, 0.6) is 11.5 Å². The second kappa shape index (κ2) is 8.11. The van der Waals surface area contributed by atoms with E-state index in [9.17, 15) is 4.79 Å². The highest BCUT2D eigenvalue weighted by Crippen LogP contribution is 2.35. The molecular formula is C20H17N5O3S. The van der Waals surface area contributed by atoms with Crippen LogP contribution in [0.2, 0.25) is 0 Å². The highest BCUT2D eigenvalue weighted by molar-refractivity contribution is 7.14. The zero-order valence-electron chi connectivity index (χ0n) is 15.7. The molecule has 29 heavy (non-hydrogen) atoms. The molecule has 2 heterocycles. The lowest BCUT2D eigenvalue weighted by Crippen LogP contribution is -2.13. The molecule has 0 saturated heterocycles. The molecule has 1 N–H and O–H groups in total. The van der Waals surface area contributed by atoms with Gasteiger partial charge in [-0.2, -0.15) is 9.90 Å². The topological polar surface area (TPSA) is 91.2 Å². The summed E-state index contributed by atoms with van der Waals surface area (Å²) in [6, 6.07) is 14.8. The summed E-state index contributed by atoms with van der Waals surface area (Å²) in [5, 5.41) is 13.4. The van der Waals surface area contributed by atoms with E-state index >= 15 is 0 Å². The van der Waals surface area contributed by atoms with Gasteiger partial charge in [0.2, 0.25) is 0 Å². The van der Waals surface area contributed by atoms with Crippen LogP contribution >= 0.6 is 11.3 Å². The minimum atomic E-state index is -0.384. The van der Waals surface area contributed by atoms with Gasteiger partial charge >= 0.3 is 0 Å². The van der Waals surface area contributed by atoms with Gasteiger partial charge in [0.05, 0.1) is 31.8 Å². The van der Waals surface area contributed by atoms with Gasteiger partial charge in [0.25, 0.3) is 5.91 Å². The minimum absolute atomic E-state index is 0.199. The number of methoxy groups -OCH3 is 2. The molecule has 0 fully saturated rings. The van der Waals surface area contributed by atoms with Crippen molar-refractivity contribution in [2.75, 3.05) is 19.5 Å². The number of rotatable bonds is 6. The third kappa shape index (κ3) is 3.94. The van der Waals surface area contributed by atoms with E-state index in [4.69, 9.17) is 9.47 Å². The molecule has 0 spiro atoms. The van der Waals surface area contributed by atoms with E-state index in [1.165, 1.54) is 22.3 Å². The van der Waals surface area contributed by atoms with Crippen LogP contribution in [0.15, 0.2) is 60.1 Å². The second-order valence-electron chi connectivity index (χ2n) is 5.91. The average molecular weight is 407 g/mol. The highest BCUT2D eigenvalue weighted by atomic mass is 32.1. The Balaban J connectivity index is 1.53. The zero-order chi connectivity index (χ0) is 20.2. The molecular weight excluding hydrogens is 390 g/mol. The van der Waals surface area contributed by atoms with Gasteiger partial charge in [0.15, 0.2) is 10.8 Å². The second-order valence-corrected chi connectivity index (χ2v) is 6.77. The lowest BCUT2D eigenvalue weighted by molar-refractivity contribution is 0.102. The van der Waals surface area contributed by atoms with Crippen molar-refractivity contribution in [1.82, 2.24) is 20.0 Å².